The van der Waals surface area contributed by atoms with E-state index in [9.17, 15) is 0 Å². The zero-order valence-electron chi connectivity index (χ0n) is 16.0. The van der Waals surface area contributed by atoms with Crippen molar-refractivity contribution in [3.05, 3.63) is 58.7 Å². The number of benzene rings is 2. The van der Waals surface area contributed by atoms with Crippen LogP contribution in [0, 0.1) is 6.92 Å². The molecule has 2 heteroatoms. The fourth-order valence-electron chi connectivity index (χ4n) is 3.15. The van der Waals surface area contributed by atoms with Gasteiger partial charge in [0.2, 0.25) is 0 Å². The van der Waals surface area contributed by atoms with E-state index in [0.29, 0.717) is 0 Å². The molecule has 0 aliphatic carbocycles. The van der Waals surface area contributed by atoms with E-state index in [2.05, 4.69) is 64.1 Å². The maximum absolute atomic E-state index is 5.99. The summed E-state index contributed by atoms with van der Waals surface area (Å²) < 4.78 is 0. The van der Waals surface area contributed by atoms with Gasteiger partial charge in [-0.2, -0.15) is 0 Å². The Hall–Kier alpha value is -1.96. The second kappa shape index (κ2) is 10.0. The number of rotatable bonds is 5. The van der Waals surface area contributed by atoms with Crippen molar-refractivity contribution >= 4 is 11.4 Å². The topological polar surface area (TPSA) is 52.0 Å². The number of nitrogens with two attached hydrogens (primary N) is 2. The van der Waals surface area contributed by atoms with Crippen LogP contribution in [0.3, 0.4) is 0 Å². The lowest BCUT2D eigenvalue weighted by atomic mass is 9.94. The molecule has 0 saturated carbocycles. The first-order chi connectivity index (χ1) is 11.5. The fourth-order valence-corrected chi connectivity index (χ4v) is 3.15. The molecule has 0 radical (unpaired) electrons. The van der Waals surface area contributed by atoms with Gasteiger partial charge in [-0.05, 0) is 60.8 Å². The van der Waals surface area contributed by atoms with Crippen molar-refractivity contribution in [3.8, 4) is 0 Å². The van der Waals surface area contributed by atoms with Crippen LogP contribution in [0.25, 0.3) is 0 Å². The van der Waals surface area contributed by atoms with Gasteiger partial charge < -0.3 is 11.5 Å². The molecule has 0 aliphatic rings. The highest BCUT2D eigenvalue weighted by Crippen LogP contribution is 2.28. The number of hydrogen-bond acceptors (Lipinski definition) is 2. The zero-order chi connectivity index (χ0) is 18.1. The van der Waals surface area contributed by atoms with Crippen molar-refractivity contribution in [2.45, 2.75) is 66.2 Å². The molecule has 0 saturated heterocycles. The lowest BCUT2D eigenvalue weighted by Gasteiger charge is -2.14. The van der Waals surface area contributed by atoms with E-state index in [1.54, 1.807) is 0 Å². The highest BCUT2D eigenvalue weighted by atomic mass is 14.6. The maximum atomic E-state index is 5.99. The molecule has 132 valence electrons. The smallest absolute Gasteiger partial charge is 0.0399 e. The second-order valence-corrected chi connectivity index (χ2v) is 6.29. The number of hydrogen-bond donors (Lipinski definition) is 2. The van der Waals surface area contributed by atoms with Gasteiger partial charge in [0.1, 0.15) is 0 Å². The van der Waals surface area contributed by atoms with Gasteiger partial charge in [0.05, 0.1) is 0 Å². The van der Waals surface area contributed by atoms with Crippen LogP contribution in [0.4, 0.5) is 11.4 Å². The Kier molecular flexibility index (Phi) is 8.39. The molecule has 0 heterocycles. The van der Waals surface area contributed by atoms with Crippen LogP contribution in [0.2, 0.25) is 0 Å². The molecular formula is C22H34N2. The van der Waals surface area contributed by atoms with Gasteiger partial charge in [0.15, 0.2) is 0 Å². The predicted molar refractivity (Wildman–Crippen MR) is 109 cm³/mol. The Bertz CT molecular complexity index is 614. The molecule has 0 amide bonds. The first kappa shape index (κ1) is 20.1. The summed E-state index contributed by atoms with van der Waals surface area (Å²) in [5.74, 6) is 0.760. The van der Waals surface area contributed by atoms with E-state index in [-0.39, 0.29) is 0 Å². The first-order valence-corrected chi connectivity index (χ1v) is 9.21. The van der Waals surface area contributed by atoms with Crippen molar-refractivity contribution in [2.24, 2.45) is 0 Å². The monoisotopic (exact) mass is 326 g/mol. The molecule has 0 atom stereocenters. The van der Waals surface area contributed by atoms with Gasteiger partial charge in [-0.1, -0.05) is 64.1 Å². The third kappa shape index (κ3) is 5.02. The molecule has 24 heavy (non-hydrogen) atoms. The van der Waals surface area contributed by atoms with Crippen LogP contribution in [0.1, 0.15) is 68.7 Å². The first-order valence-electron chi connectivity index (χ1n) is 9.21. The van der Waals surface area contributed by atoms with Gasteiger partial charge in [0.25, 0.3) is 0 Å². The minimum Gasteiger partial charge on any atom is -0.398 e. The van der Waals surface area contributed by atoms with Gasteiger partial charge in [-0.3, -0.25) is 0 Å². The molecule has 0 aliphatic heterocycles. The zero-order valence-corrected chi connectivity index (χ0v) is 16.0. The number of aryl methyl sites for hydroxylation is 2. The van der Waals surface area contributed by atoms with E-state index < -0.39 is 0 Å². The molecule has 0 fully saturated rings. The second-order valence-electron chi connectivity index (χ2n) is 6.29. The molecule has 4 N–H and O–H groups in total. The third-order valence-electron chi connectivity index (χ3n) is 4.80. The van der Waals surface area contributed by atoms with Gasteiger partial charge >= 0.3 is 0 Å². The van der Waals surface area contributed by atoms with E-state index in [4.69, 9.17) is 11.5 Å². The average molecular weight is 327 g/mol. The third-order valence-corrected chi connectivity index (χ3v) is 4.80. The minimum absolute atomic E-state index is 0.760. The molecule has 2 aromatic rings. The Morgan fingerprint density at radius 3 is 1.88 bits per heavy atom. The van der Waals surface area contributed by atoms with Crippen LogP contribution in [-0.2, 0) is 12.8 Å². The van der Waals surface area contributed by atoms with Gasteiger partial charge in [-0.15, -0.1) is 0 Å². The fraction of sp³-hybridized carbons (Fsp3) is 0.455. The maximum Gasteiger partial charge on any atom is 0.0399 e. The highest BCUT2D eigenvalue weighted by molar-refractivity contribution is 5.68. The number of anilines is 2. The van der Waals surface area contributed by atoms with E-state index >= 15 is 0 Å². The molecule has 2 aromatic carbocycles. The van der Waals surface area contributed by atoms with E-state index in [1.165, 1.54) is 24.0 Å². The van der Waals surface area contributed by atoms with Gasteiger partial charge in [0, 0.05) is 11.4 Å². The van der Waals surface area contributed by atoms with Crippen LogP contribution >= 0.6 is 0 Å². The van der Waals surface area contributed by atoms with Crippen molar-refractivity contribution in [2.75, 3.05) is 11.5 Å². The van der Waals surface area contributed by atoms with E-state index in [0.717, 1.165) is 41.3 Å². The predicted octanol–water partition coefficient (Wildman–Crippen LogP) is 5.87. The van der Waals surface area contributed by atoms with Gasteiger partial charge in [-0.25, -0.2) is 0 Å². The standard InChI is InChI=1S/C11H18N2.C11H16/c1-4-8-6-7(3)10(12)9(5-2)11(8)13;1-3-10(4-2)11-8-6-5-7-9-11/h6H,4-5,12-13H2,1-3H3;5-10H,3-4H2,1-2H3. The van der Waals surface area contributed by atoms with Crippen molar-refractivity contribution in [3.63, 3.8) is 0 Å². The molecule has 2 rings (SSSR count). The highest BCUT2D eigenvalue weighted by Gasteiger charge is 2.08. The minimum atomic E-state index is 0.760. The quantitative estimate of drug-likeness (QED) is 0.675. The lowest BCUT2D eigenvalue weighted by molar-refractivity contribution is 0.642. The Morgan fingerprint density at radius 1 is 0.833 bits per heavy atom. The molecule has 0 unspecified atom stereocenters. The largest absolute Gasteiger partial charge is 0.398 e. The summed E-state index contributed by atoms with van der Waals surface area (Å²) >= 11 is 0. The van der Waals surface area contributed by atoms with Crippen molar-refractivity contribution < 1.29 is 0 Å². The SMILES string of the molecule is CCC(CC)c1ccccc1.CCc1cc(C)c(N)c(CC)c1N. The molecular weight excluding hydrogens is 292 g/mol. The summed E-state index contributed by atoms with van der Waals surface area (Å²) in [5, 5.41) is 0. The summed E-state index contributed by atoms with van der Waals surface area (Å²) in [6.07, 6.45) is 4.38. The van der Waals surface area contributed by atoms with E-state index in [1.807, 2.05) is 6.92 Å². The summed E-state index contributed by atoms with van der Waals surface area (Å²) in [6.45, 7) is 10.7. The summed E-state index contributed by atoms with van der Waals surface area (Å²) in [6, 6.07) is 12.8. The summed E-state index contributed by atoms with van der Waals surface area (Å²) in [5.41, 5.74) is 18.6. The van der Waals surface area contributed by atoms with Crippen molar-refractivity contribution in [1.82, 2.24) is 0 Å². The van der Waals surface area contributed by atoms with Crippen LogP contribution in [0.5, 0.6) is 0 Å². The molecule has 0 bridgehead atoms. The molecule has 2 nitrogen and oxygen atoms in total. The van der Waals surface area contributed by atoms with Crippen LogP contribution < -0.4 is 11.5 Å². The Morgan fingerprint density at radius 2 is 1.42 bits per heavy atom. The number of nitrogen functional groups attached to an aromatic ring is 2. The molecule has 0 aromatic heterocycles. The average Bonchev–Trinajstić information content (AvgIpc) is 2.61. The van der Waals surface area contributed by atoms with Crippen molar-refractivity contribution in [1.29, 1.82) is 0 Å². The normalized spacial score (nSPS) is 10.4. The lowest BCUT2D eigenvalue weighted by Crippen LogP contribution is -2.05. The molecule has 0 spiro atoms. The Balaban J connectivity index is 0.000000243. The summed E-state index contributed by atoms with van der Waals surface area (Å²) in [4.78, 5) is 0. The van der Waals surface area contributed by atoms with Crippen LogP contribution in [-0.4, -0.2) is 0 Å². The summed E-state index contributed by atoms with van der Waals surface area (Å²) in [7, 11) is 0. The Labute approximate surface area is 148 Å². The van der Waals surface area contributed by atoms with Crippen LogP contribution in [0.15, 0.2) is 36.4 Å².